The molecule has 2 aliphatic carbocycles. The summed E-state index contributed by atoms with van der Waals surface area (Å²) >= 11 is 0. The van der Waals surface area contributed by atoms with E-state index in [1.54, 1.807) is 0 Å². The summed E-state index contributed by atoms with van der Waals surface area (Å²) in [6, 6.07) is 12.0. The van der Waals surface area contributed by atoms with Crippen LogP contribution < -0.4 is 0 Å². The van der Waals surface area contributed by atoms with E-state index in [0.717, 1.165) is 18.8 Å². The molecule has 4 atom stereocenters. The maximum Gasteiger partial charge on any atom is 0.309 e. The molecule has 2 saturated carbocycles. The van der Waals surface area contributed by atoms with Gasteiger partial charge in [0.25, 0.3) is 0 Å². The number of carbonyl (C=O) groups is 1. The van der Waals surface area contributed by atoms with Crippen molar-refractivity contribution in [3.05, 3.63) is 36.4 Å². The largest absolute Gasteiger partial charge is 0.481 e. The van der Waals surface area contributed by atoms with Gasteiger partial charge in [-0.25, -0.2) is 0 Å². The van der Waals surface area contributed by atoms with Gasteiger partial charge < -0.3 is 5.11 Å². The molecule has 2 bridgehead atoms. The Morgan fingerprint density at radius 1 is 1.09 bits per heavy atom. The van der Waals surface area contributed by atoms with Gasteiger partial charge in [0, 0.05) is 0 Å². The molecule has 1 aromatic carbocycles. The van der Waals surface area contributed by atoms with Crippen LogP contribution in [0.2, 0.25) is 0 Å². The third-order valence-corrected chi connectivity index (χ3v) is 5.71. The number of fused-ring (bicyclic) bond motifs is 2. The summed E-state index contributed by atoms with van der Waals surface area (Å²) in [5, 5.41) is 9.50. The van der Waals surface area contributed by atoms with Crippen molar-refractivity contribution >= 4 is 5.97 Å². The second-order valence-corrected chi connectivity index (χ2v) is 8.27. The highest BCUT2D eigenvalue weighted by Crippen LogP contribution is 2.58. The highest BCUT2D eigenvalue weighted by Gasteiger charge is 2.52. The number of carboxylic acid groups (broad SMARTS) is 1. The minimum absolute atomic E-state index is 0.336. The molecular formula is C21H32O2. The summed E-state index contributed by atoms with van der Waals surface area (Å²) in [6.45, 7) is 6.55. The van der Waals surface area contributed by atoms with Crippen LogP contribution in [0, 0.1) is 22.7 Å². The zero-order valence-electron chi connectivity index (χ0n) is 14.9. The minimum Gasteiger partial charge on any atom is -0.481 e. The average Bonchev–Trinajstić information content (AvgIpc) is 2.48. The molecule has 0 radical (unpaired) electrons. The Labute approximate surface area is 141 Å². The zero-order valence-corrected chi connectivity index (χ0v) is 14.9. The Hall–Kier alpha value is -1.31. The quantitative estimate of drug-likeness (QED) is 0.767. The third kappa shape index (κ3) is 4.59. The Morgan fingerprint density at radius 2 is 1.65 bits per heavy atom. The van der Waals surface area contributed by atoms with Crippen molar-refractivity contribution < 1.29 is 9.90 Å². The number of carboxylic acids is 1. The lowest BCUT2D eigenvalue weighted by Gasteiger charge is -2.53. The van der Waals surface area contributed by atoms with Crippen LogP contribution in [0.4, 0.5) is 0 Å². The molecule has 2 aliphatic rings. The maximum absolute atomic E-state index is 11.5. The summed E-state index contributed by atoms with van der Waals surface area (Å²) < 4.78 is 0. The molecule has 0 aromatic heterocycles. The minimum atomic E-state index is -0.572. The topological polar surface area (TPSA) is 37.3 Å². The SMILES string of the molecule is CCCC12CC(C)CC(C1)CC(C)(C(=O)O)C2.c1ccccc1. The molecule has 128 valence electrons. The maximum atomic E-state index is 11.5. The van der Waals surface area contributed by atoms with Gasteiger partial charge in [-0.3, -0.25) is 4.79 Å². The van der Waals surface area contributed by atoms with Crippen LogP contribution in [0.25, 0.3) is 0 Å². The third-order valence-electron chi connectivity index (χ3n) is 5.71. The number of hydrogen-bond acceptors (Lipinski definition) is 1. The summed E-state index contributed by atoms with van der Waals surface area (Å²) in [7, 11) is 0. The van der Waals surface area contributed by atoms with E-state index in [1.165, 1.54) is 32.1 Å². The monoisotopic (exact) mass is 316 g/mol. The molecule has 4 unspecified atom stereocenters. The summed E-state index contributed by atoms with van der Waals surface area (Å²) in [5.41, 5.74) is -0.124. The molecule has 2 nitrogen and oxygen atoms in total. The van der Waals surface area contributed by atoms with E-state index in [-0.39, 0.29) is 0 Å². The van der Waals surface area contributed by atoms with Gasteiger partial charge in [0.15, 0.2) is 0 Å². The molecule has 3 rings (SSSR count). The standard InChI is InChI=1S/C15H26O2.C6H6/c1-4-5-15-7-11(2)6-12(9-15)8-14(3,10-15)13(16)17;1-2-4-6-5-3-1/h11-12H,4-10H2,1-3H3,(H,16,17);1-6H. The van der Waals surface area contributed by atoms with Gasteiger partial charge in [0.05, 0.1) is 5.41 Å². The van der Waals surface area contributed by atoms with Crippen molar-refractivity contribution in [2.24, 2.45) is 22.7 Å². The molecule has 0 aliphatic heterocycles. The van der Waals surface area contributed by atoms with Crippen LogP contribution in [-0.4, -0.2) is 11.1 Å². The van der Waals surface area contributed by atoms with Gasteiger partial charge in [0.2, 0.25) is 0 Å². The van der Waals surface area contributed by atoms with Gasteiger partial charge in [0.1, 0.15) is 0 Å². The van der Waals surface area contributed by atoms with Crippen LogP contribution in [0.15, 0.2) is 36.4 Å². The normalized spacial score (nSPS) is 35.8. The first-order chi connectivity index (χ1) is 10.9. The van der Waals surface area contributed by atoms with Crippen molar-refractivity contribution in [3.63, 3.8) is 0 Å². The van der Waals surface area contributed by atoms with Crippen LogP contribution in [0.1, 0.15) is 65.7 Å². The summed E-state index contributed by atoms with van der Waals surface area (Å²) in [5.74, 6) is 0.871. The van der Waals surface area contributed by atoms with Gasteiger partial charge in [-0.1, -0.05) is 56.7 Å². The lowest BCUT2D eigenvalue weighted by Crippen LogP contribution is -2.47. The lowest BCUT2D eigenvalue weighted by molar-refractivity contribution is -0.157. The molecule has 2 fully saturated rings. The fourth-order valence-electron chi connectivity index (χ4n) is 5.38. The van der Waals surface area contributed by atoms with E-state index in [0.29, 0.717) is 11.3 Å². The van der Waals surface area contributed by atoms with E-state index in [1.807, 2.05) is 43.3 Å². The van der Waals surface area contributed by atoms with Crippen molar-refractivity contribution in [3.8, 4) is 0 Å². The van der Waals surface area contributed by atoms with E-state index in [9.17, 15) is 9.90 Å². The number of rotatable bonds is 3. The number of benzene rings is 1. The van der Waals surface area contributed by atoms with E-state index >= 15 is 0 Å². The van der Waals surface area contributed by atoms with Crippen LogP contribution >= 0.6 is 0 Å². The number of hydrogen-bond donors (Lipinski definition) is 1. The molecule has 0 saturated heterocycles. The molecule has 23 heavy (non-hydrogen) atoms. The molecule has 0 spiro atoms. The first-order valence-corrected chi connectivity index (χ1v) is 9.12. The highest BCUT2D eigenvalue weighted by molar-refractivity contribution is 5.74. The summed E-state index contributed by atoms with van der Waals surface area (Å²) in [6.07, 6.45) is 8.00. The van der Waals surface area contributed by atoms with Crippen LogP contribution in [-0.2, 0) is 4.79 Å². The number of aliphatic carboxylic acids is 1. The molecule has 2 heteroatoms. The van der Waals surface area contributed by atoms with Gasteiger partial charge in [-0.15, -0.1) is 0 Å². The lowest BCUT2D eigenvalue weighted by atomic mass is 9.51. The van der Waals surface area contributed by atoms with Gasteiger partial charge in [-0.05, 0) is 62.7 Å². The Kier molecular flexibility index (Phi) is 5.89. The average molecular weight is 316 g/mol. The molecule has 0 amide bonds. The van der Waals surface area contributed by atoms with Gasteiger partial charge in [-0.2, -0.15) is 0 Å². The van der Waals surface area contributed by atoms with Crippen molar-refractivity contribution in [1.29, 1.82) is 0 Å². The van der Waals surface area contributed by atoms with Crippen molar-refractivity contribution in [1.82, 2.24) is 0 Å². The molecule has 1 N–H and O–H groups in total. The zero-order chi connectivity index (χ0) is 16.9. The smallest absolute Gasteiger partial charge is 0.309 e. The molecule has 0 heterocycles. The van der Waals surface area contributed by atoms with E-state index in [2.05, 4.69) is 13.8 Å². The van der Waals surface area contributed by atoms with E-state index in [4.69, 9.17) is 0 Å². The van der Waals surface area contributed by atoms with Crippen LogP contribution in [0.3, 0.4) is 0 Å². The predicted molar refractivity (Wildman–Crippen MR) is 95.3 cm³/mol. The second kappa shape index (κ2) is 7.51. The first-order valence-electron chi connectivity index (χ1n) is 9.12. The Bertz CT molecular complexity index is 467. The fraction of sp³-hybridized carbons (Fsp3) is 0.667. The molecular weight excluding hydrogens is 284 g/mol. The molecule has 1 aromatic rings. The Morgan fingerprint density at radius 3 is 2.13 bits per heavy atom. The fourth-order valence-corrected chi connectivity index (χ4v) is 5.38. The van der Waals surface area contributed by atoms with Crippen molar-refractivity contribution in [2.45, 2.75) is 65.7 Å². The van der Waals surface area contributed by atoms with Crippen LogP contribution in [0.5, 0.6) is 0 Å². The second-order valence-electron chi connectivity index (χ2n) is 8.27. The van der Waals surface area contributed by atoms with E-state index < -0.39 is 11.4 Å². The summed E-state index contributed by atoms with van der Waals surface area (Å²) in [4.78, 5) is 11.5. The first kappa shape index (κ1) is 18.0. The predicted octanol–water partition coefficient (Wildman–Crippen LogP) is 5.78. The van der Waals surface area contributed by atoms with Crippen molar-refractivity contribution in [2.75, 3.05) is 0 Å². The van der Waals surface area contributed by atoms with Gasteiger partial charge >= 0.3 is 5.97 Å². The Balaban J connectivity index is 0.000000268. The highest BCUT2D eigenvalue weighted by atomic mass is 16.4.